The molecule has 0 atom stereocenters. The summed E-state index contributed by atoms with van der Waals surface area (Å²) in [6.45, 7) is 20.1. The summed E-state index contributed by atoms with van der Waals surface area (Å²) in [5, 5.41) is 14.4. The third kappa shape index (κ3) is 8.41. The Labute approximate surface area is 260 Å². The van der Waals surface area contributed by atoms with Crippen LogP contribution >= 0.6 is 0 Å². The summed E-state index contributed by atoms with van der Waals surface area (Å²) in [6, 6.07) is 23.5. The number of hydrogen-bond donors (Lipinski definition) is 2. The number of urea groups is 1. The topological polar surface area (TPSA) is 55.8 Å². The number of carbonyl (C=O) groups is 1. The van der Waals surface area contributed by atoms with E-state index in [2.05, 4.69) is 119 Å². The zero-order valence-corrected chi connectivity index (χ0v) is 27.7. The Balaban J connectivity index is 1.45. The summed E-state index contributed by atoms with van der Waals surface area (Å²) in [5.74, 6) is 0.413. The molecule has 3 aromatic carbocycles. The standard InChI is InChI=1S/C38H53N3O2/c1-27(2)41(31-20-22-40(23-21-31)26-28-14-10-9-11-15-28)36(43)39-34-17-13-12-16-30(34)19-18-29-24-32(37(3,4)5)35(42)33(25-29)38(6,7)8/h9-17,24-25,27,31,42H,18-23,26H2,1-8H3,(H,39,43). The number of hydrogen-bond acceptors (Lipinski definition) is 3. The van der Waals surface area contributed by atoms with Crippen LogP contribution in [0.5, 0.6) is 5.75 Å². The third-order valence-corrected chi connectivity index (χ3v) is 8.72. The number of benzene rings is 3. The van der Waals surface area contributed by atoms with Gasteiger partial charge >= 0.3 is 6.03 Å². The van der Waals surface area contributed by atoms with Crippen LogP contribution in [0.15, 0.2) is 66.7 Å². The second kappa shape index (κ2) is 13.5. The molecule has 2 amide bonds. The van der Waals surface area contributed by atoms with Crippen molar-refractivity contribution >= 4 is 11.7 Å². The van der Waals surface area contributed by atoms with Crippen molar-refractivity contribution in [3.63, 3.8) is 0 Å². The maximum absolute atomic E-state index is 13.8. The molecule has 5 nitrogen and oxygen atoms in total. The summed E-state index contributed by atoms with van der Waals surface area (Å²) in [5.41, 5.74) is 6.20. The lowest BCUT2D eigenvalue weighted by molar-refractivity contribution is 0.107. The van der Waals surface area contributed by atoms with Crippen LogP contribution in [0.25, 0.3) is 0 Å². The lowest BCUT2D eigenvalue weighted by atomic mass is 9.78. The number of nitrogens with zero attached hydrogens (tertiary/aromatic N) is 2. The third-order valence-electron chi connectivity index (χ3n) is 8.72. The summed E-state index contributed by atoms with van der Waals surface area (Å²) < 4.78 is 0. The second-order valence-corrected chi connectivity index (χ2v) is 14.6. The number of phenolic OH excluding ortho intramolecular Hbond substituents is 1. The van der Waals surface area contributed by atoms with Crippen LogP contribution in [-0.2, 0) is 30.2 Å². The first kappa shape index (κ1) is 32.6. The number of likely N-dealkylation sites (tertiary alicyclic amines) is 1. The number of aryl methyl sites for hydroxylation is 2. The first-order valence-electron chi connectivity index (χ1n) is 16.0. The van der Waals surface area contributed by atoms with Crippen LogP contribution < -0.4 is 5.32 Å². The molecule has 1 fully saturated rings. The van der Waals surface area contributed by atoms with Crippen molar-refractivity contribution in [1.29, 1.82) is 0 Å². The van der Waals surface area contributed by atoms with Crippen LogP contribution in [-0.4, -0.2) is 46.1 Å². The highest BCUT2D eigenvalue weighted by molar-refractivity contribution is 5.90. The van der Waals surface area contributed by atoms with Gasteiger partial charge in [0, 0.05) is 37.4 Å². The predicted octanol–water partition coefficient (Wildman–Crippen LogP) is 8.68. The fraction of sp³-hybridized carbons (Fsp3) is 0.500. The van der Waals surface area contributed by atoms with Gasteiger partial charge in [0.1, 0.15) is 5.75 Å². The largest absolute Gasteiger partial charge is 0.507 e. The van der Waals surface area contributed by atoms with E-state index in [0.717, 1.165) is 67.7 Å². The van der Waals surface area contributed by atoms with E-state index in [1.165, 1.54) is 11.1 Å². The van der Waals surface area contributed by atoms with Gasteiger partial charge in [-0.05, 0) is 84.2 Å². The molecule has 0 aromatic heterocycles. The highest BCUT2D eigenvalue weighted by Gasteiger charge is 2.30. The number of para-hydroxylation sites is 1. The molecule has 1 aliphatic rings. The molecule has 5 heteroatoms. The molecule has 43 heavy (non-hydrogen) atoms. The number of nitrogens with one attached hydrogen (secondary N) is 1. The highest BCUT2D eigenvalue weighted by Crippen LogP contribution is 2.40. The molecule has 0 bridgehead atoms. The van der Waals surface area contributed by atoms with E-state index in [4.69, 9.17) is 0 Å². The maximum atomic E-state index is 13.8. The van der Waals surface area contributed by atoms with Crippen molar-refractivity contribution in [2.75, 3.05) is 18.4 Å². The number of carbonyl (C=O) groups excluding carboxylic acids is 1. The Morgan fingerprint density at radius 3 is 1.98 bits per heavy atom. The molecular weight excluding hydrogens is 530 g/mol. The molecular formula is C38H53N3O2. The first-order chi connectivity index (χ1) is 20.2. The quantitative estimate of drug-likeness (QED) is 0.279. The van der Waals surface area contributed by atoms with Crippen molar-refractivity contribution in [2.45, 2.75) is 111 Å². The van der Waals surface area contributed by atoms with Gasteiger partial charge in [-0.3, -0.25) is 4.90 Å². The first-order valence-corrected chi connectivity index (χ1v) is 16.0. The Morgan fingerprint density at radius 2 is 1.42 bits per heavy atom. The summed E-state index contributed by atoms with van der Waals surface area (Å²) >= 11 is 0. The van der Waals surface area contributed by atoms with Gasteiger partial charge < -0.3 is 15.3 Å². The SMILES string of the molecule is CC(C)N(C(=O)Nc1ccccc1CCc1cc(C(C)(C)C)c(O)c(C(C)(C)C)c1)C1CCN(Cc2ccccc2)CC1. The zero-order chi connectivity index (χ0) is 31.4. The van der Waals surface area contributed by atoms with Gasteiger partial charge in [0.05, 0.1) is 0 Å². The number of piperidine rings is 1. The molecule has 3 aromatic rings. The van der Waals surface area contributed by atoms with Crippen LogP contribution in [0.4, 0.5) is 10.5 Å². The Bertz CT molecular complexity index is 1320. The monoisotopic (exact) mass is 583 g/mol. The molecule has 4 rings (SSSR count). The van der Waals surface area contributed by atoms with E-state index in [-0.39, 0.29) is 28.9 Å². The van der Waals surface area contributed by atoms with E-state index >= 15 is 0 Å². The Hall–Kier alpha value is -3.31. The van der Waals surface area contributed by atoms with Gasteiger partial charge in [0.2, 0.25) is 0 Å². The van der Waals surface area contributed by atoms with Gasteiger partial charge in [-0.15, -0.1) is 0 Å². The number of rotatable bonds is 8. The Morgan fingerprint density at radius 1 is 0.860 bits per heavy atom. The molecule has 0 radical (unpaired) electrons. The average Bonchev–Trinajstić information content (AvgIpc) is 2.93. The predicted molar refractivity (Wildman–Crippen MR) is 180 cm³/mol. The molecule has 1 saturated heterocycles. The molecule has 0 unspecified atom stereocenters. The minimum absolute atomic E-state index is 0.0152. The maximum Gasteiger partial charge on any atom is 0.322 e. The molecule has 1 aliphatic heterocycles. The van der Waals surface area contributed by atoms with E-state index in [1.54, 1.807) is 0 Å². The van der Waals surface area contributed by atoms with Gasteiger partial charge in [0.25, 0.3) is 0 Å². The smallest absolute Gasteiger partial charge is 0.322 e. The van der Waals surface area contributed by atoms with Crippen molar-refractivity contribution in [3.05, 3.63) is 94.5 Å². The van der Waals surface area contributed by atoms with Gasteiger partial charge in [0.15, 0.2) is 0 Å². The van der Waals surface area contributed by atoms with E-state index in [9.17, 15) is 9.90 Å². The molecule has 0 aliphatic carbocycles. The summed E-state index contributed by atoms with van der Waals surface area (Å²) in [7, 11) is 0. The lowest BCUT2D eigenvalue weighted by Gasteiger charge is -2.40. The number of aromatic hydroxyl groups is 1. The van der Waals surface area contributed by atoms with Gasteiger partial charge in [-0.1, -0.05) is 102 Å². The number of anilines is 1. The fourth-order valence-electron chi connectivity index (χ4n) is 6.32. The van der Waals surface area contributed by atoms with Crippen molar-refractivity contribution < 1.29 is 9.90 Å². The molecule has 1 heterocycles. The summed E-state index contributed by atoms with van der Waals surface area (Å²) in [4.78, 5) is 18.3. The van der Waals surface area contributed by atoms with Crippen LogP contribution in [0.2, 0.25) is 0 Å². The minimum atomic E-state index is -0.163. The molecule has 0 saturated carbocycles. The molecule has 0 spiro atoms. The Kier molecular flexibility index (Phi) is 10.3. The van der Waals surface area contributed by atoms with Gasteiger partial charge in [-0.2, -0.15) is 0 Å². The van der Waals surface area contributed by atoms with E-state index in [0.29, 0.717) is 5.75 Å². The molecule has 2 N–H and O–H groups in total. The minimum Gasteiger partial charge on any atom is -0.507 e. The van der Waals surface area contributed by atoms with Crippen LogP contribution in [0, 0.1) is 0 Å². The van der Waals surface area contributed by atoms with Crippen molar-refractivity contribution in [1.82, 2.24) is 9.80 Å². The molecule has 232 valence electrons. The van der Waals surface area contributed by atoms with Crippen molar-refractivity contribution in [3.8, 4) is 5.75 Å². The van der Waals surface area contributed by atoms with E-state index in [1.807, 2.05) is 18.2 Å². The van der Waals surface area contributed by atoms with Gasteiger partial charge in [-0.25, -0.2) is 4.79 Å². The normalized spacial score (nSPS) is 15.1. The van der Waals surface area contributed by atoms with Crippen LogP contribution in [0.3, 0.4) is 0 Å². The average molecular weight is 584 g/mol. The lowest BCUT2D eigenvalue weighted by Crippen LogP contribution is -2.51. The fourth-order valence-corrected chi connectivity index (χ4v) is 6.32. The van der Waals surface area contributed by atoms with E-state index < -0.39 is 0 Å². The number of phenols is 1. The van der Waals surface area contributed by atoms with Crippen LogP contribution in [0.1, 0.15) is 96.0 Å². The summed E-state index contributed by atoms with van der Waals surface area (Å²) in [6.07, 6.45) is 3.58. The number of amides is 2. The van der Waals surface area contributed by atoms with Crippen molar-refractivity contribution in [2.24, 2.45) is 0 Å². The second-order valence-electron chi connectivity index (χ2n) is 14.6. The zero-order valence-electron chi connectivity index (χ0n) is 27.7. The highest BCUT2D eigenvalue weighted by atomic mass is 16.3.